The lowest BCUT2D eigenvalue weighted by Crippen LogP contribution is -1.91. The molecule has 0 aliphatic carbocycles. The summed E-state index contributed by atoms with van der Waals surface area (Å²) in [5.41, 5.74) is 8.57. The summed E-state index contributed by atoms with van der Waals surface area (Å²) in [6.07, 6.45) is 1.79. The zero-order valence-electron chi connectivity index (χ0n) is 10.5. The number of anilines is 1. The fourth-order valence-electron chi connectivity index (χ4n) is 1.84. The molecule has 0 atom stereocenters. The molecule has 0 spiro atoms. The predicted octanol–water partition coefficient (Wildman–Crippen LogP) is 3.06. The van der Waals surface area contributed by atoms with Crippen LogP contribution in [0, 0.1) is 13.8 Å². The molecule has 0 bridgehead atoms. The summed E-state index contributed by atoms with van der Waals surface area (Å²) in [5.74, 6) is 0.970. The predicted molar refractivity (Wildman–Crippen MR) is 74.7 cm³/mol. The van der Waals surface area contributed by atoms with E-state index in [2.05, 4.69) is 15.1 Å². The van der Waals surface area contributed by atoms with E-state index >= 15 is 0 Å². The summed E-state index contributed by atoms with van der Waals surface area (Å²) >= 11 is 1.42. The fourth-order valence-corrected chi connectivity index (χ4v) is 2.53. The van der Waals surface area contributed by atoms with Crippen molar-refractivity contribution < 1.29 is 4.52 Å². The fraction of sp³-hybridized carbons (Fsp3) is 0.154. The van der Waals surface area contributed by atoms with Crippen molar-refractivity contribution in [2.24, 2.45) is 0 Å². The summed E-state index contributed by atoms with van der Waals surface area (Å²) in [6, 6.07) is 5.73. The average Bonchev–Trinajstić information content (AvgIpc) is 2.97. The second-order valence-electron chi connectivity index (χ2n) is 4.30. The molecule has 19 heavy (non-hydrogen) atoms. The Morgan fingerprint density at radius 1 is 1.26 bits per heavy atom. The Morgan fingerprint density at radius 3 is 2.79 bits per heavy atom. The highest BCUT2D eigenvalue weighted by atomic mass is 32.1. The molecule has 0 saturated heterocycles. The van der Waals surface area contributed by atoms with Crippen molar-refractivity contribution in [1.82, 2.24) is 15.1 Å². The zero-order chi connectivity index (χ0) is 13.4. The number of aryl methyl sites for hydroxylation is 2. The van der Waals surface area contributed by atoms with Crippen LogP contribution < -0.4 is 5.73 Å². The van der Waals surface area contributed by atoms with Crippen LogP contribution >= 0.6 is 11.3 Å². The number of rotatable bonds is 2. The van der Waals surface area contributed by atoms with E-state index in [-0.39, 0.29) is 0 Å². The molecule has 0 fully saturated rings. The SMILES string of the molecule is Cc1cnc(-c2noc(-c3ccc(N)s3)n2)c(C)c1. The van der Waals surface area contributed by atoms with Gasteiger partial charge in [-0.25, -0.2) is 0 Å². The first kappa shape index (κ1) is 11.9. The van der Waals surface area contributed by atoms with Gasteiger partial charge in [0.15, 0.2) is 0 Å². The molecule has 3 aromatic rings. The van der Waals surface area contributed by atoms with E-state index in [0.29, 0.717) is 11.7 Å². The van der Waals surface area contributed by atoms with Crippen LogP contribution in [0.3, 0.4) is 0 Å². The van der Waals surface area contributed by atoms with E-state index in [1.54, 1.807) is 6.20 Å². The van der Waals surface area contributed by atoms with Crippen molar-refractivity contribution in [1.29, 1.82) is 0 Å². The maximum Gasteiger partial charge on any atom is 0.268 e. The number of hydrogen-bond acceptors (Lipinski definition) is 6. The van der Waals surface area contributed by atoms with Crippen molar-refractivity contribution in [3.63, 3.8) is 0 Å². The minimum atomic E-state index is 0.471. The molecule has 0 radical (unpaired) electrons. The maximum absolute atomic E-state index is 5.69. The zero-order valence-corrected chi connectivity index (χ0v) is 11.4. The smallest absolute Gasteiger partial charge is 0.268 e. The van der Waals surface area contributed by atoms with Gasteiger partial charge in [0.1, 0.15) is 5.69 Å². The highest BCUT2D eigenvalue weighted by Crippen LogP contribution is 2.29. The van der Waals surface area contributed by atoms with Gasteiger partial charge in [0.25, 0.3) is 5.89 Å². The van der Waals surface area contributed by atoms with E-state index in [1.165, 1.54) is 11.3 Å². The lowest BCUT2D eigenvalue weighted by molar-refractivity contribution is 0.433. The molecule has 3 heterocycles. The number of nitrogens with two attached hydrogens (primary N) is 1. The summed E-state index contributed by atoms with van der Waals surface area (Å²) < 4.78 is 5.26. The second kappa shape index (κ2) is 4.47. The Balaban J connectivity index is 2.01. The van der Waals surface area contributed by atoms with E-state index in [4.69, 9.17) is 10.3 Å². The summed E-state index contributed by atoms with van der Waals surface area (Å²) in [6.45, 7) is 3.98. The molecular formula is C13H12N4OS. The monoisotopic (exact) mass is 272 g/mol. The number of aromatic nitrogens is 3. The second-order valence-corrected chi connectivity index (χ2v) is 5.42. The molecule has 3 aromatic heterocycles. The Hall–Kier alpha value is -2.21. The van der Waals surface area contributed by atoms with E-state index < -0.39 is 0 Å². The Labute approximate surface area is 114 Å². The van der Waals surface area contributed by atoms with Gasteiger partial charge in [-0.15, -0.1) is 11.3 Å². The van der Waals surface area contributed by atoms with Crippen molar-refractivity contribution >= 4 is 16.3 Å². The largest absolute Gasteiger partial charge is 0.391 e. The minimum Gasteiger partial charge on any atom is -0.391 e. The average molecular weight is 272 g/mol. The molecule has 0 amide bonds. The van der Waals surface area contributed by atoms with Gasteiger partial charge in [-0.2, -0.15) is 4.98 Å². The Kier molecular flexibility index (Phi) is 2.79. The van der Waals surface area contributed by atoms with Crippen molar-refractivity contribution in [2.75, 3.05) is 5.73 Å². The number of hydrogen-bond donors (Lipinski definition) is 1. The topological polar surface area (TPSA) is 77.8 Å². The summed E-state index contributed by atoms with van der Waals surface area (Å²) in [4.78, 5) is 9.59. The molecule has 2 N–H and O–H groups in total. The molecule has 0 unspecified atom stereocenters. The lowest BCUT2D eigenvalue weighted by Gasteiger charge is -2.00. The minimum absolute atomic E-state index is 0.471. The van der Waals surface area contributed by atoms with Gasteiger partial charge in [-0.1, -0.05) is 11.2 Å². The highest BCUT2D eigenvalue weighted by Gasteiger charge is 2.14. The van der Waals surface area contributed by atoms with Crippen molar-refractivity contribution in [2.45, 2.75) is 13.8 Å². The van der Waals surface area contributed by atoms with Crippen LogP contribution in [0.4, 0.5) is 5.00 Å². The summed E-state index contributed by atoms with van der Waals surface area (Å²) in [7, 11) is 0. The maximum atomic E-state index is 5.69. The van der Waals surface area contributed by atoms with Crippen LogP contribution in [0.5, 0.6) is 0 Å². The molecule has 0 aromatic carbocycles. The quantitative estimate of drug-likeness (QED) is 0.775. The van der Waals surface area contributed by atoms with Crippen molar-refractivity contribution in [3.05, 3.63) is 35.5 Å². The van der Waals surface area contributed by atoms with Gasteiger partial charge in [-0.05, 0) is 37.1 Å². The van der Waals surface area contributed by atoms with E-state index in [9.17, 15) is 0 Å². The number of thiophene rings is 1. The first-order valence-electron chi connectivity index (χ1n) is 5.76. The van der Waals surface area contributed by atoms with Crippen molar-refractivity contribution in [3.8, 4) is 22.3 Å². The third-order valence-electron chi connectivity index (χ3n) is 2.69. The molecule has 96 valence electrons. The van der Waals surface area contributed by atoms with E-state index in [1.807, 2.05) is 32.0 Å². The van der Waals surface area contributed by atoms with Gasteiger partial charge >= 0.3 is 0 Å². The first-order valence-corrected chi connectivity index (χ1v) is 6.58. The number of nitrogens with zero attached hydrogens (tertiary/aromatic N) is 3. The van der Waals surface area contributed by atoms with Gasteiger partial charge in [0.05, 0.1) is 9.88 Å². The third-order valence-corrected chi connectivity index (χ3v) is 3.59. The standard InChI is InChI=1S/C13H12N4OS/c1-7-5-8(2)11(15-6-7)12-16-13(18-17-12)9-3-4-10(14)19-9/h3-6H,14H2,1-2H3. The van der Waals surface area contributed by atoms with Gasteiger partial charge < -0.3 is 10.3 Å². The highest BCUT2D eigenvalue weighted by molar-refractivity contribution is 7.19. The molecule has 0 aliphatic heterocycles. The number of pyridine rings is 1. The van der Waals surface area contributed by atoms with Crippen LogP contribution in [0.1, 0.15) is 11.1 Å². The Morgan fingerprint density at radius 2 is 2.11 bits per heavy atom. The summed E-state index contributed by atoms with van der Waals surface area (Å²) in [5, 5.41) is 4.70. The van der Waals surface area contributed by atoms with E-state index in [0.717, 1.165) is 26.7 Å². The molecular weight excluding hydrogens is 260 g/mol. The van der Waals surface area contributed by atoms with Gasteiger partial charge in [0, 0.05) is 6.20 Å². The lowest BCUT2D eigenvalue weighted by atomic mass is 10.1. The third kappa shape index (κ3) is 2.22. The number of nitrogen functional groups attached to an aromatic ring is 1. The van der Waals surface area contributed by atoms with Crippen LogP contribution in [-0.2, 0) is 0 Å². The van der Waals surface area contributed by atoms with Gasteiger partial charge in [0.2, 0.25) is 5.82 Å². The van der Waals surface area contributed by atoms with Crippen LogP contribution in [0.15, 0.2) is 28.9 Å². The molecule has 5 nitrogen and oxygen atoms in total. The Bertz CT molecular complexity index is 732. The first-order chi connectivity index (χ1) is 9.13. The molecule has 0 saturated carbocycles. The normalized spacial score (nSPS) is 10.8. The van der Waals surface area contributed by atoms with Crippen LogP contribution in [-0.4, -0.2) is 15.1 Å². The van der Waals surface area contributed by atoms with Crippen LogP contribution in [0.25, 0.3) is 22.3 Å². The van der Waals surface area contributed by atoms with Crippen LogP contribution in [0.2, 0.25) is 0 Å². The molecule has 0 aliphatic rings. The molecule has 3 rings (SSSR count). The van der Waals surface area contributed by atoms with Gasteiger partial charge in [-0.3, -0.25) is 4.98 Å². The molecule has 6 heteroatoms.